The fraction of sp³-hybridized carbons (Fsp3) is 0.467. The van der Waals surface area contributed by atoms with E-state index in [0.29, 0.717) is 5.75 Å². The number of amides is 1. The Morgan fingerprint density at radius 2 is 1.90 bits per heavy atom. The number of hydrogen-bond acceptors (Lipinski definition) is 3. The molecule has 1 rings (SSSR count). The molecule has 0 saturated heterocycles. The van der Waals surface area contributed by atoms with Crippen molar-refractivity contribution in [1.82, 2.24) is 0 Å². The molecular weight excluding hydrogens is 274 g/mol. The normalized spacial score (nSPS) is 12.8. The summed E-state index contributed by atoms with van der Waals surface area (Å²) in [7, 11) is 0. The van der Waals surface area contributed by atoms with E-state index in [4.69, 9.17) is 5.11 Å². The van der Waals surface area contributed by atoms with Crippen molar-refractivity contribution in [3.8, 4) is 0 Å². The molecule has 1 unspecified atom stereocenters. The topological polar surface area (TPSA) is 66.4 Å². The molecule has 0 heterocycles. The molecule has 0 aliphatic heterocycles. The van der Waals surface area contributed by atoms with Crippen LogP contribution in [-0.4, -0.2) is 28.0 Å². The summed E-state index contributed by atoms with van der Waals surface area (Å²) in [5, 5.41) is 11.6. The van der Waals surface area contributed by atoms with Gasteiger partial charge in [-0.2, -0.15) is 11.8 Å². The number of thioether (sulfide) groups is 1. The summed E-state index contributed by atoms with van der Waals surface area (Å²) in [6.07, 6.45) is 0.112. The molecule has 1 aromatic carbocycles. The predicted molar refractivity (Wildman–Crippen MR) is 83.0 cm³/mol. The fourth-order valence-electron chi connectivity index (χ4n) is 1.54. The fourth-order valence-corrected chi connectivity index (χ4v) is 2.64. The van der Waals surface area contributed by atoms with Crippen molar-refractivity contribution in [2.24, 2.45) is 5.41 Å². The van der Waals surface area contributed by atoms with E-state index in [1.807, 2.05) is 51.1 Å². The number of nitrogens with one attached hydrogen (secondary N) is 1. The predicted octanol–water partition coefficient (Wildman–Crippen LogP) is 3.25. The van der Waals surface area contributed by atoms with E-state index < -0.39 is 11.4 Å². The second-order valence-electron chi connectivity index (χ2n) is 5.42. The van der Waals surface area contributed by atoms with E-state index >= 15 is 0 Å². The van der Waals surface area contributed by atoms with Gasteiger partial charge in [0, 0.05) is 16.7 Å². The van der Waals surface area contributed by atoms with Crippen LogP contribution in [0, 0.1) is 5.41 Å². The van der Waals surface area contributed by atoms with Crippen LogP contribution >= 0.6 is 11.8 Å². The second kappa shape index (κ2) is 7.33. The minimum Gasteiger partial charge on any atom is -0.481 e. The van der Waals surface area contributed by atoms with Gasteiger partial charge < -0.3 is 10.4 Å². The zero-order valence-electron chi connectivity index (χ0n) is 12.1. The van der Waals surface area contributed by atoms with Crippen LogP contribution in [0.25, 0.3) is 0 Å². The van der Waals surface area contributed by atoms with Crippen molar-refractivity contribution in [3.05, 3.63) is 30.3 Å². The number of carbonyl (C=O) groups is 2. The van der Waals surface area contributed by atoms with Crippen LogP contribution in [0.5, 0.6) is 0 Å². The monoisotopic (exact) mass is 295 g/mol. The van der Waals surface area contributed by atoms with Crippen molar-refractivity contribution in [2.75, 3.05) is 11.1 Å². The van der Waals surface area contributed by atoms with Gasteiger partial charge in [-0.15, -0.1) is 0 Å². The lowest BCUT2D eigenvalue weighted by Crippen LogP contribution is -2.33. The molecule has 0 bridgehead atoms. The van der Waals surface area contributed by atoms with Gasteiger partial charge >= 0.3 is 5.97 Å². The standard InChI is InChI=1S/C15H21NO3S/c1-11(9-13(17)18)20-10-15(2,3)14(19)16-12-7-5-4-6-8-12/h4-8,11H,9-10H2,1-3H3,(H,16,19)(H,17,18). The Morgan fingerprint density at radius 3 is 2.45 bits per heavy atom. The highest BCUT2D eigenvalue weighted by Gasteiger charge is 2.28. The minimum atomic E-state index is -0.809. The molecule has 1 atom stereocenters. The van der Waals surface area contributed by atoms with Crippen molar-refractivity contribution in [2.45, 2.75) is 32.4 Å². The van der Waals surface area contributed by atoms with Gasteiger partial charge in [0.25, 0.3) is 0 Å². The summed E-state index contributed by atoms with van der Waals surface area (Å²) < 4.78 is 0. The van der Waals surface area contributed by atoms with Gasteiger partial charge in [-0.05, 0) is 12.1 Å². The van der Waals surface area contributed by atoms with Crippen LogP contribution in [0.4, 0.5) is 5.69 Å². The maximum absolute atomic E-state index is 12.2. The highest BCUT2D eigenvalue weighted by atomic mass is 32.2. The van der Waals surface area contributed by atoms with Crippen LogP contribution < -0.4 is 5.32 Å². The summed E-state index contributed by atoms with van der Waals surface area (Å²) in [4.78, 5) is 22.8. The first-order valence-corrected chi connectivity index (χ1v) is 7.56. The molecule has 1 amide bonds. The van der Waals surface area contributed by atoms with E-state index in [9.17, 15) is 9.59 Å². The van der Waals surface area contributed by atoms with E-state index in [1.165, 1.54) is 11.8 Å². The van der Waals surface area contributed by atoms with Gasteiger partial charge in [0.15, 0.2) is 0 Å². The largest absolute Gasteiger partial charge is 0.481 e. The number of anilines is 1. The van der Waals surface area contributed by atoms with Crippen LogP contribution in [0.1, 0.15) is 27.2 Å². The Bertz CT molecular complexity index is 459. The molecule has 1 aromatic rings. The summed E-state index contributed by atoms with van der Waals surface area (Å²) >= 11 is 1.51. The summed E-state index contributed by atoms with van der Waals surface area (Å²) in [6.45, 7) is 5.60. The Kier molecular flexibility index (Phi) is 6.07. The average Bonchev–Trinajstić information content (AvgIpc) is 2.37. The third-order valence-corrected chi connectivity index (χ3v) is 4.46. The number of benzene rings is 1. The second-order valence-corrected chi connectivity index (χ2v) is 6.85. The molecule has 0 fully saturated rings. The van der Waals surface area contributed by atoms with Gasteiger partial charge in [0.1, 0.15) is 0 Å². The smallest absolute Gasteiger partial charge is 0.304 e. The molecule has 0 aliphatic carbocycles. The third kappa shape index (κ3) is 5.65. The molecular formula is C15H21NO3S. The number of rotatable bonds is 7. The van der Waals surface area contributed by atoms with E-state index in [0.717, 1.165) is 5.69 Å². The Morgan fingerprint density at radius 1 is 1.30 bits per heavy atom. The molecule has 0 aromatic heterocycles. The van der Waals surface area contributed by atoms with Gasteiger partial charge in [-0.1, -0.05) is 39.0 Å². The average molecular weight is 295 g/mol. The summed E-state index contributed by atoms with van der Waals surface area (Å²) in [6, 6.07) is 9.31. The SMILES string of the molecule is CC(CC(=O)O)SCC(C)(C)C(=O)Nc1ccccc1. The van der Waals surface area contributed by atoms with Crippen LogP contribution in [-0.2, 0) is 9.59 Å². The highest BCUT2D eigenvalue weighted by molar-refractivity contribution is 7.99. The van der Waals surface area contributed by atoms with Crippen LogP contribution in [0.2, 0.25) is 0 Å². The van der Waals surface area contributed by atoms with Crippen molar-refractivity contribution >= 4 is 29.3 Å². The van der Waals surface area contributed by atoms with E-state index in [1.54, 1.807) is 0 Å². The maximum atomic E-state index is 12.2. The first-order valence-electron chi connectivity index (χ1n) is 6.51. The van der Waals surface area contributed by atoms with Crippen LogP contribution in [0.15, 0.2) is 30.3 Å². The van der Waals surface area contributed by atoms with Gasteiger partial charge in [-0.3, -0.25) is 9.59 Å². The number of carbonyl (C=O) groups excluding carboxylic acids is 1. The lowest BCUT2D eigenvalue weighted by molar-refractivity contribution is -0.136. The van der Waals surface area contributed by atoms with E-state index in [2.05, 4.69) is 5.32 Å². The lowest BCUT2D eigenvalue weighted by Gasteiger charge is -2.24. The van der Waals surface area contributed by atoms with Gasteiger partial charge in [0.05, 0.1) is 11.8 Å². The molecule has 5 heteroatoms. The Labute approximate surface area is 124 Å². The van der Waals surface area contributed by atoms with Gasteiger partial charge in [-0.25, -0.2) is 0 Å². The molecule has 0 saturated carbocycles. The van der Waals surface area contributed by atoms with Crippen LogP contribution in [0.3, 0.4) is 0 Å². The zero-order valence-corrected chi connectivity index (χ0v) is 12.9. The Balaban J connectivity index is 2.51. The molecule has 0 aliphatic rings. The molecule has 4 nitrogen and oxygen atoms in total. The molecule has 110 valence electrons. The molecule has 0 radical (unpaired) electrons. The summed E-state index contributed by atoms with van der Waals surface area (Å²) in [5.41, 5.74) is 0.224. The molecule has 2 N–H and O–H groups in total. The number of aliphatic carboxylic acids is 1. The molecule has 0 spiro atoms. The van der Waals surface area contributed by atoms with Gasteiger partial charge in [0.2, 0.25) is 5.91 Å². The highest BCUT2D eigenvalue weighted by Crippen LogP contribution is 2.27. The number of carboxylic acids is 1. The molecule has 20 heavy (non-hydrogen) atoms. The third-order valence-electron chi connectivity index (χ3n) is 2.84. The Hall–Kier alpha value is -1.49. The first-order chi connectivity index (χ1) is 9.31. The lowest BCUT2D eigenvalue weighted by atomic mass is 9.95. The quantitative estimate of drug-likeness (QED) is 0.810. The number of carboxylic acid groups (broad SMARTS) is 1. The number of hydrogen-bond donors (Lipinski definition) is 2. The zero-order chi connectivity index (χ0) is 15.2. The summed E-state index contributed by atoms with van der Waals surface area (Å²) in [5.74, 6) is -0.282. The van der Waals surface area contributed by atoms with Crippen molar-refractivity contribution in [1.29, 1.82) is 0 Å². The minimum absolute atomic E-state index is 0.00343. The maximum Gasteiger partial charge on any atom is 0.304 e. The van der Waals surface area contributed by atoms with Crippen molar-refractivity contribution in [3.63, 3.8) is 0 Å². The van der Waals surface area contributed by atoms with E-state index in [-0.39, 0.29) is 17.6 Å². The first kappa shape index (κ1) is 16.6. The van der Waals surface area contributed by atoms with Crippen molar-refractivity contribution < 1.29 is 14.7 Å². The number of para-hydroxylation sites is 1.